The summed E-state index contributed by atoms with van der Waals surface area (Å²) in [5.74, 6) is 0.826. The quantitative estimate of drug-likeness (QED) is 0.564. The molecule has 1 heterocycles. The molecule has 3 aliphatic rings. The van der Waals surface area contributed by atoms with Gasteiger partial charge in [-0.1, -0.05) is 42.5 Å². The van der Waals surface area contributed by atoms with E-state index in [4.69, 9.17) is 4.74 Å². The van der Waals surface area contributed by atoms with Crippen molar-refractivity contribution in [2.45, 2.75) is 74.6 Å². The van der Waals surface area contributed by atoms with Gasteiger partial charge in [-0.25, -0.2) is 4.79 Å². The summed E-state index contributed by atoms with van der Waals surface area (Å²) in [5, 5.41) is 10.8. The number of amides is 2. The number of hydrogen-bond donors (Lipinski definition) is 1. The van der Waals surface area contributed by atoms with E-state index in [0.29, 0.717) is 19.5 Å². The van der Waals surface area contributed by atoms with E-state index in [-0.39, 0.29) is 17.1 Å². The molecule has 2 amide bonds. The predicted octanol–water partition coefficient (Wildman–Crippen LogP) is 5.01. The number of hydrogen-bond acceptors (Lipinski definition) is 4. The van der Waals surface area contributed by atoms with E-state index < -0.39 is 5.60 Å². The monoisotopic (exact) mass is 491 g/mol. The molecule has 2 aromatic rings. The second-order valence-electron chi connectivity index (χ2n) is 11.5. The van der Waals surface area contributed by atoms with Crippen LogP contribution >= 0.6 is 0 Å². The zero-order chi connectivity index (χ0) is 25.4. The summed E-state index contributed by atoms with van der Waals surface area (Å²) in [5.41, 5.74) is 1.69. The van der Waals surface area contributed by atoms with Gasteiger partial charge in [-0.15, -0.1) is 0 Å². The summed E-state index contributed by atoms with van der Waals surface area (Å²) in [6.45, 7) is 1.98. The highest BCUT2D eigenvalue weighted by Crippen LogP contribution is 2.49. The van der Waals surface area contributed by atoms with Crippen molar-refractivity contribution in [2.75, 3.05) is 34.3 Å². The highest BCUT2D eigenvalue weighted by molar-refractivity contribution is 5.78. The van der Waals surface area contributed by atoms with Crippen LogP contribution in [0.2, 0.25) is 0 Å². The average Bonchev–Trinajstić information content (AvgIpc) is 3.13. The highest BCUT2D eigenvalue weighted by atomic mass is 16.5. The smallest absolute Gasteiger partial charge is 0.320 e. The van der Waals surface area contributed by atoms with Gasteiger partial charge in [-0.2, -0.15) is 0 Å². The normalized spacial score (nSPS) is 27.5. The molecule has 0 aromatic heterocycles. The Morgan fingerprint density at radius 3 is 2.17 bits per heavy atom. The second kappa shape index (κ2) is 9.71. The average molecular weight is 492 g/mol. The number of aliphatic hydroxyl groups is 1. The third-order valence-corrected chi connectivity index (χ3v) is 9.35. The molecule has 1 saturated heterocycles. The molecule has 6 nitrogen and oxygen atoms in total. The van der Waals surface area contributed by atoms with Gasteiger partial charge < -0.3 is 19.6 Å². The van der Waals surface area contributed by atoms with Gasteiger partial charge in [-0.05, 0) is 88.7 Å². The molecule has 5 rings (SSSR count). The van der Waals surface area contributed by atoms with Crippen molar-refractivity contribution in [1.82, 2.24) is 14.7 Å². The van der Waals surface area contributed by atoms with Crippen LogP contribution in [0.3, 0.4) is 0 Å². The summed E-state index contributed by atoms with van der Waals surface area (Å²) in [6, 6.07) is 19.0. The lowest BCUT2D eigenvalue weighted by Gasteiger charge is -2.51. The molecule has 2 aliphatic carbocycles. The van der Waals surface area contributed by atoms with E-state index in [9.17, 15) is 9.90 Å². The Labute approximate surface area is 215 Å². The van der Waals surface area contributed by atoms with Crippen molar-refractivity contribution in [3.8, 4) is 5.75 Å². The Hall–Kier alpha value is -2.57. The molecular formula is C30H41N3O3. The van der Waals surface area contributed by atoms with Crippen LogP contribution in [0.4, 0.5) is 4.79 Å². The zero-order valence-corrected chi connectivity index (χ0v) is 22.1. The highest BCUT2D eigenvalue weighted by Gasteiger charge is 2.54. The lowest BCUT2D eigenvalue weighted by atomic mass is 9.68. The van der Waals surface area contributed by atoms with Gasteiger partial charge in [0.15, 0.2) is 0 Å². The number of rotatable bonds is 8. The van der Waals surface area contributed by atoms with Crippen LogP contribution in [-0.4, -0.2) is 71.3 Å². The van der Waals surface area contributed by atoms with E-state index in [2.05, 4.69) is 54.2 Å². The summed E-state index contributed by atoms with van der Waals surface area (Å²) >= 11 is 0. The van der Waals surface area contributed by atoms with Gasteiger partial charge >= 0.3 is 6.03 Å². The number of nitrogens with zero attached hydrogens (tertiary/aromatic N) is 3. The molecule has 0 atom stereocenters. The molecule has 1 N–H and O–H groups in total. The fourth-order valence-electron chi connectivity index (χ4n) is 6.74. The Morgan fingerprint density at radius 1 is 0.944 bits per heavy atom. The van der Waals surface area contributed by atoms with Crippen LogP contribution in [-0.2, 0) is 12.1 Å². The van der Waals surface area contributed by atoms with Gasteiger partial charge in [0, 0.05) is 25.2 Å². The van der Waals surface area contributed by atoms with Gasteiger partial charge in [0.25, 0.3) is 0 Å². The lowest BCUT2D eigenvalue weighted by molar-refractivity contribution is -0.0514. The maximum atomic E-state index is 13.8. The fourth-order valence-corrected chi connectivity index (χ4v) is 6.74. The molecular weight excluding hydrogens is 450 g/mol. The first-order chi connectivity index (χ1) is 17.3. The fraction of sp³-hybridized carbons (Fsp3) is 0.567. The number of methoxy groups -OCH3 is 1. The van der Waals surface area contributed by atoms with E-state index >= 15 is 0 Å². The first kappa shape index (κ1) is 25.1. The third-order valence-electron chi connectivity index (χ3n) is 9.35. The Morgan fingerprint density at radius 2 is 1.61 bits per heavy atom. The van der Waals surface area contributed by atoms with E-state index in [1.807, 2.05) is 29.2 Å². The van der Waals surface area contributed by atoms with Crippen LogP contribution in [0.5, 0.6) is 5.75 Å². The van der Waals surface area contributed by atoms with E-state index in [1.54, 1.807) is 7.11 Å². The molecule has 2 aromatic carbocycles. The lowest BCUT2D eigenvalue weighted by Crippen LogP contribution is -2.56. The first-order valence-corrected chi connectivity index (χ1v) is 13.4. The molecule has 194 valence electrons. The minimum absolute atomic E-state index is 0.0171. The summed E-state index contributed by atoms with van der Waals surface area (Å²) in [6.07, 6.45) is 7.41. The van der Waals surface area contributed by atoms with Crippen molar-refractivity contribution in [2.24, 2.45) is 0 Å². The predicted molar refractivity (Wildman–Crippen MR) is 142 cm³/mol. The first-order valence-electron chi connectivity index (χ1n) is 13.4. The largest absolute Gasteiger partial charge is 0.497 e. The maximum absolute atomic E-state index is 13.8. The second-order valence-corrected chi connectivity index (χ2v) is 11.5. The van der Waals surface area contributed by atoms with Gasteiger partial charge in [0.05, 0.1) is 18.2 Å². The summed E-state index contributed by atoms with van der Waals surface area (Å²) < 4.78 is 5.31. The number of urea groups is 1. The van der Waals surface area contributed by atoms with Gasteiger partial charge in [0.2, 0.25) is 0 Å². The maximum Gasteiger partial charge on any atom is 0.320 e. The van der Waals surface area contributed by atoms with Gasteiger partial charge in [0.1, 0.15) is 5.75 Å². The Kier molecular flexibility index (Phi) is 6.77. The zero-order valence-electron chi connectivity index (χ0n) is 22.1. The van der Waals surface area contributed by atoms with Crippen molar-refractivity contribution in [3.63, 3.8) is 0 Å². The molecule has 1 aliphatic heterocycles. The number of carbonyl (C=O) groups excluding carboxylic acids is 1. The molecule has 0 bridgehead atoms. The van der Waals surface area contributed by atoms with E-state index in [1.165, 1.54) is 5.56 Å². The number of carbonyl (C=O) groups is 1. The Bertz CT molecular complexity index is 1040. The van der Waals surface area contributed by atoms with Crippen molar-refractivity contribution in [3.05, 3.63) is 65.7 Å². The summed E-state index contributed by atoms with van der Waals surface area (Å²) in [4.78, 5) is 20.4. The van der Waals surface area contributed by atoms with Gasteiger partial charge in [-0.3, -0.25) is 4.90 Å². The molecule has 36 heavy (non-hydrogen) atoms. The standard InChI is InChI=1S/C30H41N3O3/c1-31(2)30(25-8-5-4-6-9-25)18-16-28(17-19-30)23-32(22-24-10-12-26(36-3)13-11-24)27(34)33(28)21-20-29(35)14-7-15-29/h4-6,8-13,35H,7,14-23H2,1-3H3. The van der Waals surface area contributed by atoms with Crippen LogP contribution in [0.15, 0.2) is 54.6 Å². The molecule has 1 spiro atoms. The molecule has 3 fully saturated rings. The topological polar surface area (TPSA) is 56.3 Å². The SMILES string of the molecule is COc1ccc(CN2CC3(CCC(c4ccccc4)(N(C)C)CC3)N(CCC3(O)CCC3)C2=O)cc1. The molecule has 0 unspecified atom stereocenters. The summed E-state index contributed by atoms with van der Waals surface area (Å²) in [7, 11) is 6.04. The minimum atomic E-state index is -0.586. The van der Waals surface area contributed by atoms with Crippen molar-refractivity contribution in [1.29, 1.82) is 0 Å². The minimum Gasteiger partial charge on any atom is -0.497 e. The van der Waals surface area contributed by atoms with E-state index in [0.717, 1.165) is 62.8 Å². The Balaban J connectivity index is 1.38. The number of benzene rings is 2. The van der Waals surface area contributed by atoms with Crippen LogP contribution < -0.4 is 4.74 Å². The molecule has 6 heteroatoms. The molecule has 0 radical (unpaired) electrons. The van der Waals surface area contributed by atoms with Crippen LogP contribution in [0.25, 0.3) is 0 Å². The van der Waals surface area contributed by atoms with Crippen LogP contribution in [0.1, 0.15) is 62.5 Å². The van der Waals surface area contributed by atoms with Crippen molar-refractivity contribution < 1.29 is 14.6 Å². The van der Waals surface area contributed by atoms with Crippen LogP contribution in [0, 0.1) is 0 Å². The van der Waals surface area contributed by atoms with Crippen molar-refractivity contribution >= 4 is 6.03 Å². The molecule has 2 saturated carbocycles. The third kappa shape index (κ3) is 4.50. The number of ether oxygens (including phenoxy) is 1.